The molecule has 1 spiro atoms. The number of carbonyl (C=O) groups excluding carboxylic acids is 2. The quantitative estimate of drug-likeness (QED) is 0.430. The maximum atomic E-state index is 13.4. The number of ether oxygens (including phenoxy) is 4. The fourth-order valence-electron chi connectivity index (χ4n) is 5.88. The van der Waals surface area contributed by atoms with E-state index >= 15 is 0 Å². The van der Waals surface area contributed by atoms with Crippen molar-refractivity contribution in [2.75, 3.05) is 20.7 Å². The van der Waals surface area contributed by atoms with Crippen molar-refractivity contribution in [1.29, 1.82) is 0 Å². The molecule has 0 aromatic heterocycles. The van der Waals surface area contributed by atoms with E-state index in [0.717, 1.165) is 36.6 Å². The van der Waals surface area contributed by atoms with Gasteiger partial charge in [-0.25, -0.2) is 9.59 Å². The average molecular weight is 535 g/mol. The summed E-state index contributed by atoms with van der Waals surface area (Å²) < 4.78 is 23.6. The summed E-state index contributed by atoms with van der Waals surface area (Å²) in [5.74, 6) is 1.00. The summed E-state index contributed by atoms with van der Waals surface area (Å²) in [4.78, 5) is 28.3. The van der Waals surface area contributed by atoms with Crippen LogP contribution in [0.1, 0.15) is 50.3 Å². The summed E-state index contributed by atoms with van der Waals surface area (Å²) in [5, 5.41) is 2.72. The van der Waals surface area contributed by atoms with Crippen molar-refractivity contribution < 1.29 is 28.5 Å². The Kier molecular flexibility index (Phi) is 7.33. The Morgan fingerprint density at radius 2 is 1.95 bits per heavy atom. The van der Waals surface area contributed by atoms with Crippen molar-refractivity contribution in [2.45, 2.75) is 75.8 Å². The summed E-state index contributed by atoms with van der Waals surface area (Å²) in [7, 11) is 3.79. The molecule has 0 radical (unpaired) electrons. The number of nitrogens with one attached hydrogen (secondary N) is 1. The zero-order valence-electron chi connectivity index (χ0n) is 23.4. The van der Waals surface area contributed by atoms with Gasteiger partial charge in [0, 0.05) is 24.9 Å². The standard InChI is InChI=1S/C31H38N2O6/c1-30(2,3)39-29(35)32-23(17-20-9-7-6-8-10-20)28(34)37-22-13-14-31-15-16-33(4)19-21-11-12-24(36-5)27(26(21)31)38-25(31)18-22/h6-14,22-23,25H,15-19H2,1-5H3,(H,32,35)/t22-,23-,25-,31-/m0/s1. The normalized spacial score (nSPS) is 24.4. The lowest BCUT2D eigenvalue weighted by Gasteiger charge is -2.37. The molecule has 1 amide bonds. The molecule has 2 aromatic carbocycles. The number of methoxy groups -OCH3 is 1. The highest BCUT2D eigenvalue weighted by Crippen LogP contribution is 2.55. The molecule has 8 nitrogen and oxygen atoms in total. The zero-order chi connectivity index (χ0) is 27.8. The molecule has 208 valence electrons. The number of amides is 1. The van der Waals surface area contributed by atoms with Gasteiger partial charge in [0.25, 0.3) is 0 Å². The van der Waals surface area contributed by atoms with E-state index in [1.165, 1.54) is 11.1 Å². The van der Waals surface area contributed by atoms with Gasteiger partial charge in [-0.15, -0.1) is 0 Å². The van der Waals surface area contributed by atoms with Gasteiger partial charge in [-0.2, -0.15) is 0 Å². The van der Waals surface area contributed by atoms with Crippen molar-refractivity contribution in [3.05, 3.63) is 71.3 Å². The minimum atomic E-state index is -0.897. The summed E-state index contributed by atoms with van der Waals surface area (Å²) in [5.41, 5.74) is 2.34. The molecular weight excluding hydrogens is 496 g/mol. The van der Waals surface area contributed by atoms with Gasteiger partial charge in [0.15, 0.2) is 11.5 Å². The molecule has 0 unspecified atom stereocenters. The Morgan fingerprint density at radius 1 is 1.18 bits per heavy atom. The maximum Gasteiger partial charge on any atom is 0.408 e. The van der Waals surface area contributed by atoms with Gasteiger partial charge in [0.2, 0.25) is 0 Å². The molecule has 5 rings (SSSR count). The fourth-order valence-corrected chi connectivity index (χ4v) is 5.88. The SMILES string of the molecule is COc1ccc2c3c1O[C@H]1C[C@@H](OC(=O)[C@H](Cc4ccccc4)NC(=O)OC(C)(C)C)C=C[C@@]31CCN(C)C2. The summed E-state index contributed by atoms with van der Waals surface area (Å²) in [6.45, 7) is 7.11. The first-order valence-corrected chi connectivity index (χ1v) is 13.6. The van der Waals surface area contributed by atoms with Gasteiger partial charge in [0.1, 0.15) is 23.9 Å². The lowest BCUT2D eigenvalue weighted by Crippen LogP contribution is -2.48. The van der Waals surface area contributed by atoms with Gasteiger partial charge in [0.05, 0.1) is 12.5 Å². The Hall–Kier alpha value is -3.52. The largest absolute Gasteiger partial charge is 0.493 e. The summed E-state index contributed by atoms with van der Waals surface area (Å²) in [6.07, 6.45) is 4.51. The van der Waals surface area contributed by atoms with E-state index in [1.807, 2.05) is 42.5 Å². The minimum Gasteiger partial charge on any atom is -0.493 e. The Morgan fingerprint density at radius 3 is 2.67 bits per heavy atom. The molecule has 3 aliphatic rings. The molecule has 0 bridgehead atoms. The number of hydrogen-bond donors (Lipinski definition) is 1. The lowest BCUT2D eigenvalue weighted by molar-refractivity contribution is -0.151. The van der Waals surface area contributed by atoms with Crippen LogP contribution >= 0.6 is 0 Å². The van der Waals surface area contributed by atoms with Gasteiger partial charge < -0.3 is 29.2 Å². The highest BCUT2D eigenvalue weighted by atomic mass is 16.6. The molecule has 1 N–H and O–H groups in total. The average Bonchev–Trinajstić information content (AvgIpc) is 3.14. The van der Waals surface area contributed by atoms with Crippen LogP contribution < -0.4 is 14.8 Å². The number of carbonyl (C=O) groups is 2. The van der Waals surface area contributed by atoms with Crippen LogP contribution in [0.25, 0.3) is 0 Å². The third-order valence-electron chi connectivity index (χ3n) is 7.66. The first-order valence-electron chi connectivity index (χ1n) is 13.6. The predicted octanol–water partition coefficient (Wildman–Crippen LogP) is 4.54. The van der Waals surface area contributed by atoms with Crippen molar-refractivity contribution in [2.24, 2.45) is 0 Å². The molecule has 8 heteroatoms. The molecular formula is C31H38N2O6. The first-order chi connectivity index (χ1) is 18.6. The smallest absolute Gasteiger partial charge is 0.408 e. The lowest BCUT2D eigenvalue weighted by atomic mass is 9.69. The van der Waals surface area contributed by atoms with Crippen molar-refractivity contribution in [3.63, 3.8) is 0 Å². The number of hydrogen-bond acceptors (Lipinski definition) is 7. The number of nitrogens with zero attached hydrogens (tertiary/aromatic N) is 1. The second-order valence-electron chi connectivity index (χ2n) is 11.7. The Labute approximate surface area is 230 Å². The minimum absolute atomic E-state index is 0.191. The molecule has 1 aliphatic carbocycles. The van der Waals surface area contributed by atoms with Gasteiger partial charge in [-0.1, -0.05) is 42.5 Å². The molecule has 0 saturated heterocycles. The summed E-state index contributed by atoms with van der Waals surface area (Å²) >= 11 is 0. The van der Waals surface area contributed by atoms with Crippen LogP contribution in [-0.4, -0.2) is 61.5 Å². The Bertz CT molecular complexity index is 1250. The number of rotatable bonds is 6. The van der Waals surface area contributed by atoms with Gasteiger partial charge in [-0.05, 0) is 64.1 Å². The maximum absolute atomic E-state index is 13.4. The number of alkyl carbamates (subject to hydrolysis) is 1. The molecule has 0 fully saturated rings. The van der Waals surface area contributed by atoms with Crippen molar-refractivity contribution >= 4 is 12.1 Å². The molecule has 0 saturated carbocycles. The van der Waals surface area contributed by atoms with E-state index in [0.29, 0.717) is 6.42 Å². The summed E-state index contributed by atoms with van der Waals surface area (Å²) in [6, 6.07) is 12.7. The highest BCUT2D eigenvalue weighted by molar-refractivity contribution is 5.82. The van der Waals surface area contributed by atoms with Crippen LogP contribution in [0, 0.1) is 0 Å². The monoisotopic (exact) mass is 534 g/mol. The number of esters is 1. The van der Waals surface area contributed by atoms with E-state index in [9.17, 15) is 9.59 Å². The zero-order valence-corrected chi connectivity index (χ0v) is 23.4. The Balaban J connectivity index is 1.36. The first kappa shape index (κ1) is 27.1. The van der Waals surface area contributed by atoms with Crippen LogP contribution in [0.3, 0.4) is 0 Å². The third kappa shape index (κ3) is 5.62. The third-order valence-corrected chi connectivity index (χ3v) is 7.66. The van der Waals surface area contributed by atoms with E-state index in [1.54, 1.807) is 27.9 Å². The second-order valence-corrected chi connectivity index (χ2v) is 11.7. The van der Waals surface area contributed by atoms with Crippen molar-refractivity contribution in [3.8, 4) is 11.5 Å². The highest BCUT2D eigenvalue weighted by Gasteiger charge is 2.53. The van der Waals surface area contributed by atoms with Gasteiger partial charge in [-0.3, -0.25) is 0 Å². The molecule has 2 heterocycles. The van der Waals surface area contributed by atoms with E-state index < -0.39 is 29.8 Å². The van der Waals surface area contributed by atoms with Crippen LogP contribution in [-0.2, 0) is 32.6 Å². The van der Waals surface area contributed by atoms with E-state index in [4.69, 9.17) is 18.9 Å². The molecule has 39 heavy (non-hydrogen) atoms. The molecule has 2 aliphatic heterocycles. The topological polar surface area (TPSA) is 86.3 Å². The fraction of sp³-hybridized carbons (Fsp3) is 0.484. The van der Waals surface area contributed by atoms with E-state index in [-0.39, 0.29) is 17.9 Å². The van der Waals surface area contributed by atoms with Gasteiger partial charge >= 0.3 is 12.1 Å². The second kappa shape index (κ2) is 10.6. The predicted molar refractivity (Wildman–Crippen MR) is 147 cm³/mol. The molecule has 2 aromatic rings. The number of benzene rings is 2. The van der Waals surface area contributed by atoms with Crippen LogP contribution in [0.15, 0.2) is 54.6 Å². The van der Waals surface area contributed by atoms with Crippen LogP contribution in [0.4, 0.5) is 4.79 Å². The van der Waals surface area contributed by atoms with Crippen LogP contribution in [0.5, 0.6) is 11.5 Å². The van der Waals surface area contributed by atoms with Crippen molar-refractivity contribution in [1.82, 2.24) is 10.2 Å². The van der Waals surface area contributed by atoms with Crippen LogP contribution in [0.2, 0.25) is 0 Å². The molecule has 4 atom stereocenters. The van der Waals surface area contributed by atoms with E-state index in [2.05, 4.69) is 29.4 Å².